The van der Waals surface area contributed by atoms with Crippen molar-refractivity contribution in [1.82, 2.24) is 0 Å². The second-order valence-electron chi connectivity index (χ2n) is 7.03. The van der Waals surface area contributed by atoms with Crippen molar-refractivity contribution in [2.75, 3.05) is 0 Å². The third kappa shape index (κ3) is 1.62. The van der Waals surface area contributed by atoms with Crippen LogP contribution in [0.4, 0.5) is 0 Å². The van der Waals surface area contributed by atoms with Gasteiger partial charge in [-0.1, -0.05) is 37.2 Å². The van der Waals surface area contributed by atoms with Crippen molar-refractivity contribution in [2.45, 2.75) is 33.0 Å². The number of carbonyl (C=O) groups is 1. The van der Waals surface area contributed by atoms with E-state index in [1.165, 1.54) is 0 Å². The fraction of sp³-hybridized carbons (Fsp3) is 0.529. The van der Waals surface area contributed by atoms with Gasteiger partial charge in [-0.2, -0.15) is 0 Å². The number of benzene rings is 1. The van der Waals surface area contributed by atoms with E-state index in [-0.39, 0.29) is 11.9 Å². The van der Waals surface area contributed by atoms with E-state index >= 15 is 0 Å². The number of oxime groups is 1. The number of carbonyl (C=O) groups excluding carboxylic acids is 1. The van der Waals surface area contributed by atoms with E-state index in [2.05, 4.69) is 19.0 Å². The fourth-order valence-corrected chi connectivity index (χ4v) is 4.34. The van der Waals surface area contributed by atoms with Crippen LogP contribution in [0.5, 0.6) is 0 Å². The SMILES string of the molecule is CC1=NO[C@]2(OC(=O)c3ccccc3)C[C@@H]3[C@H]([C@H]12)C3(C)C. The van der Waals surface area contributed by atoms with Crippen molar-refractivity contribution in [3.63, 3.8) is 0 Å². The highest BCUT2D eigenvalue weighted by atomic mass is 16.8. The van der Waals surface area contributed by atoms with E-state index in [9.17, 15) is 4.79 Å². The second kappa shape index (κ2) is 3.87. The molecule has 4 nitrogen and oxygen atoms in total. The van der Waals surface area contributed by atoms with Gasteiger partial charge < -0.3 is 9.57 Å². The molecule has 0 radical (unpaired) electrons. The van der Waals surface area contributed by atoms with E-state index in [0.29, 0.717) is 22.8 Å². The van der Waals surface area contributed by atoms with Gasteiger partial charge in [0.05, 0.1) is 17.2 Å². The molecule has 1 aliphatic heterocycles. The predicted octanol–water partition coefficient (Wildman–Crippen LogP) is 3.24. The molecule has 21 heavy (non-hydrogen) atoms. The summed E-state index contributed by atoms with van der Waals surface area (Å²) in [6, 6.07) is 9.06. The molecule has 0 aromatic heterocycles. The number of ether oxygens (including phenoxy) is 1. The van der Waals surface area contributed by atoms with Crippen molar-refractivity contribution in [3.8, 4) is 0 Å². The number of rotatable bonds is 2. The molecule has 2 aliphatic carbocycles. The van der Waals surface area contributed by atoms with Crippen LogP contribution in [0.15, 0.2) is 35.5 Å². The van der Waals surface area contributed by atoms with Crippen LogP contribution < -0.4 is 0 Å². The zero-order chi connectivity index (χ0) is 14.8. The summed E-state index contributed by atoms with van der Waals surface area (Å²) >= 11 is 0. The highest BCUT2D eigenvalue weighted by Crippen LogP contribution is 2.73. The lowest BCUT2D eigenvalue weighted by Crippen LogP contribution is -2.43. The molecular weight excluding hydrogens is 266 g/mol. The first-order valence-corrected chi connectivity index (χ1v) is 7.47. The quantitative estimate of drug-likeness (QED) is 0.784. The molecule has 2 fully saturated rings. The summed E-state index contributed by atoms with van der Waals surface area (Å²) < 4.78 is 5.80. The van der Waals surface area contributed by atoms with Crippen LogP contribution >= 0.6 is 0 Å². The first kappa shape index (κ1) is 12.9. The molecule has 0 saturated heterocycles. The van der Waals surface area contributed by atoms with E-state index in [4.69, 9.17) is 9.57 Å². The Hall–Kier alpha value is -1.84. The number of esters is 1. The minimum Gasteiger partial charge on any atom is -0.416 e. The molecule has 1 aromatic rings. The lowest BCUT2D eigenvalue weighted by molar-refractivity contribution is -0.209. The Kier molecular flexibility index (Phi) is 2.37. The number of fused-ring (bicyclic) bond motifs is 3. The van der Waals surface area contributed by atoms with Gasteiger partial charge in [-0.25, -0.2) is 4.79 Å². The molecule has 2 saturated carbocycles. The van der Waals surface area contributed by atoms with Crippen LogP contribution in [0.1, 0.15) is 37.6 Å². The Morgan fingerprint density at radius 3 is 2.76 bits per heavy atom. The van der Waals surface area contributed by atoms with Crippen LogP contribution in [0.2, 0.25) is 0 Å². The van der Waals surface area contributed by atoms with Gasteiger partial charge in [0.1, 0.15) is 0 Å². The topological polar surface area (TPSA) is 47.9 Å². The Morgan fingerprint density at radius 2 is 2.05 bits per heavy atom. The fourth-order valence-electron chi connectivity index (χ4n) is 4.34. The molecule has 0 unspecified atom stereocenters. The standard InChI is InChI=1S/C17H19NO3/c1-10-13-14-12(16(14,2)3)9-17(13,21-18-10)20-15(19)11-7-5-4-6-8-11/h4-8,12-14H,9H2,1-3H3/t12-,13+,14-,17-/m1/s1. The molecule has 0 amide bonds. The average Bonchev–Trinajstić information content (AvgIpc) is 2.80. The Morgan fingerprint density at radius 1 is 1.33 bits per heavy atom. The van der Waals surface area contributed by atoms with Gasteiger partial charge >= 0.3 is 5.97 Å². The Labute approximate surface area is 124 Å². The minimum atomic E-state index is -0.873. The van der Waals surface area contributed by atoms with Crippen molar-refractivity contribution in [3.05, 3.63) is 35.9 Å². The molecule has 1 aromatic carbocycles. The summed E-state index contributed by atoms with van der Waals surface area (Å²) in [7, 11) is 0. The van der Waals surface area contributed by atoms with Crippen LogP contribution in [0.25, 0.3) is 0 Å². The molecule has 4 atom stereocenters. The number of nitrogens with zero attached hydrogens (tertiary/aromatic N) is 1. The van der Waals surface area contributed by atoms with Crippen LogP contribution in [0.3, 0.4) is 0 Å². The maximum atomic E-state index is 12.4. The van der Waals surface area contributed by atoms with Crippen molar-refractivity contribution in [2.24, 2.45) is 28.3 Å². The minimum absolute atomic E-state index is 0.102. The molecule has 3 aliphatic rings. The normalized spacial score (nSPS) is 38.0. The highest BCUT2D eigenvalue weighted by molar-refractivity contribution is 5.91. The van der Waals surface area contributed by atoms with Crippen molar-refractivity contribution >= 4 is 11.7 Å². The third-order valence-corrected chi connectivity index (χ3v) is 5.55. The molecule has 110 valence electrons. The Balaban J connectivity index is 1.60. The summed E-state index contributed by atoms with van der Waals surface area (Å²) in [6.45, 7) is 6.52. The number of hydrogen-bond donors (Lipinski definition) is 0. The first-order chi connectivity index (χ1) is 9.96. The third-order valence-electron chi connectivity index (χ3n) is 5.55. The maximum Gasteiger partial charge on any atom is 0.341 e. The van der Waals surface area contributed by atoms with Crippen LogP contribution in [-0.4, -0.2) is 17.5 Å². The smallest absolute Gasteiger partial charge is 0.341 e. The van der Waals surface area contributed by atoms with E-state index in [0.717, 1.165) is 12.1 Å². The van der Waals surface area contributed by atoms with Crippen molar-refractivity contribution < 1.29 is 14.4 Å². The van der Waals surface area contributed by atoms with E-state index < -0.39 is 5.79 Å². The second-order valence-corrected chi connectivity index (χ2v) is 7.03. The lowest BCUT2D eigenvalue weighted by atomic mass is 9.85. The van der Waals surface area contributed by atoms with Gasteiger partial charge in [0.15, 0.2) is 0 Å². The van der Waals surface area contributed by atoms with Gasteiger partial charge in [0, 0.05) is 6.42 Å². The summed E-state index contributed by atoms with van der Waals surface area (Å²) in [4.78, 5) is 18.0. The molecule has 0 bridgehead atoms. The molecule has 0 N–H and O–H groups in total. The number of hydrogen-bond acceptors (Lipinski definition) is 4. The van der Waals surface area contributed by atoms with Crippen LogP contribution in [0, 0.1) is 23.2 Å². The summed E-state index contributed by atoms with van der Waals surface area (Å²) in [5.74, 6) is -0.0411. The van der Waals surface area contributed by atoms with Gasteiger partial charge in [-0.05, 0) is 36.3 Å². The van der Waals surface area contributed by atoms with Gasteiger partial charge in [0.2, 0.25) is 0 Å². The van der Waals surface area contributed by atoms with E-state index in [1.807, 2.05) is 25.1 Å². The van der Waals surface area contributed by atoms with Gasteiger partial charge in [0.25, 0.3) is 5.79 Å². The van der Waals surface area contributed by atoms with Gasteiger partial charge in [-0.3, -0.25) is 0 Å². The monoisotopic (exact) mass is 285 g/mol. The van der Waals surface area contributed by atoms with Crippen LogP contribution in [-0.2, 0) is 9.57 Å². The van der Waals surface area contributed by atoms with E-state index in [1.54, 1.807) is 12.1 Å². The largest absolute Gasteiger partial charge is 0.416 e. The summed E-state index contributed by atoms with van der Waals surface area (Å²) in [5, 5.41) is 4.12. The molecule has 4 rings (SSSR count). The Bertz CT molecular complexity index is 637. The zero-order valence-electron chi connectivity index (χ0n) is 12.5. The van der Waals surface area contributed by atoms with Gasteiger partial charge in [-0.15, -0.1) is 0 Å². The maximum absolute atomic E-state index is 12.4. The summed E-state index contributed by atoms with van der Waals surface area (Å²) in [5.41, 5.74) is 1.81. The average molecular weight is 285 g/mol. The summed E-state index contributed by atoms with van der Waals surface area (Å²) in [6.07, 6.45) is 0.745. The predicted molar refractivity (Wildman–Crippen MR) is 77.7 cm³/mol. The first-order valence-electron chi connectivity index (χ1n) is 7.47. The zero-order valence-corrected chi connectivity index (χ0v) is 12.5. The molecule has 0 spiro atoms. The highest BCUT2D eigenvalue weighted by Gasteiger charge is 2.77. The molecule has 4 heteroatoms. The lowest BCUT2D eigenvalue weighted by Gasteiger charge is -2.31. The molecule has 1 heterocycles. The molecular formula is C17H19NO3. The van der Waals surface area contributed by atoms with Crippen molar-refractivity contribution in [1.29, 1.82) is 0 Å².